The summed E-state index contributed by atoms with van der Waals surface area (Å²) in [6.07, 6.45) is 3.37. The Hall–Kier alpha value is -1.92. The SMILES string of the molecule is CCOc1cc(/C=C2\SC(=N)[C@H](c3nccs3)C2=O)cc(I)c1OCC(N)=O. The molecule has 0 unspecified atom stereocenters. The molecule has 0 radical (unpaired) electrons. The highest BCUT2D eigenvalue weighted by molar-refractivity contribution is 14.1. The maximum atomic E-state index is 12.8. The summed E-state index contributed by atoms with van der Waals surface area (Å²) in [5.74, 6) is -0.442. The highest BCUT2D eigenvalue weighted by Gasteiger charge is 2.38. The van der Waals surface area contributed by atoms with Gasteiger partial charge in [0.15, 0.2) is 23.9 Å². The van der Waals surface area contributed by atoms with Crippen LogP contribution < -0.4 is 15.2 Å². The number of ether oxygens (including phenoxy) is 2. The molecule has 1 aromatic carbocycles. The molecule has 28 heavy (non-hydrogen) atoms. The molecule has 0 saturated carbocycles. The van der Waals surface area contributed by atoms with E-state index in [1.165, 1.54) is 11.3 Å². The Kier molecular flexibility index (Phi) is 6.73. The molecule has 1 aliphatic heterocycles. The molecule has 1 aromatic heterocycles. The molecule has 1 atom stereocenters. The molecule has 0 spiro atoms. The fraction of sp³-hybridized carbons (Fsp3) is 0.222. The summed E-state index contributed by atoms with van der Waals surface area (Å²) in [5.41, 5.74) is 5.89. The number of thioether (sulfide) groups is 1. The van der Waals surface area contributed by atoms with Crippen LogP contribution in [0.5, 0.6) is 11.5 Å². The van der Waals surface area contributed by atoms with Gasteiger partial charge in [-0.1, -0.05) is 11.8 Å². The number of Topliss-reactive ketones (excluding diaryl/α,β-unsaturated/α-hetero) is 1. The van der Waals surface area contributed by atoms with E-state index >= 15 is 0 Å². The number of carbonyl (C=O) groups excluding carboxylic acids is 2. The number of thiazole rings is 1. The minimum Gasteiger partial charge on any atom is -0.490 e. The van der Waals surface area contributed by atoms with Crippen molar-refractivity contribution in [1.82, 2.24) is 4.98 Å². The van der Waals surface area contributed by atoms with Crippen molar-refractivity contribution in [3.63, 3.8) is 0 Å². The second-order valence-corrected chi connectivity index (χ2v) is 8.83. The van der Waals surface area contributed by atoms with Crippen LogP contribution in [0.4, 0.5) is 0 Å². The third kappa shape index (κ3) is 4.55. The van der Waals surface area contributed by atoms with Crippen LogP contribution in [0.1, 0.15) is 23.4 Å². The van der Waals surface area contributed by atoms with E-state index in [0.717, 1.165) is 20.9 Å². The summed E-state index contributed by atoms with van der Waals surface area (Å²) >= 11 is 4.59. The Morgan fingerprint density at radius 1 is 1.43 bits per heavy atom. The predicted molar refractivity (Wildman–Crippen MR) is 118 cm³/mol. The van der Waals surface area contributed by atoms with E-state index in [0.29, 0.717) is 28.0 Å². The lowest BCUT2D eigenvalue weighted by Crippen LogP contribution is -2.20. The molecular weight excluding hydrogens is 513 g/mol. The Morgan fingerprint density at radius 3 is 2.86 bits per heavy atom. The molecule has 1 amide bonds. The standard InChI is InChI=1S/C18H16IN3O4S2/c1-2-25-11-6-9(5-10(19)16(11)26-8-13(20)23)7-12-15(24)14(17(21)28-12)18-22-3-4-27-18/h3-7,14,21H,2,8H2,1H3,(H2,20,23)/b12-7-,21-17?/t14-/m1/s1. The zero-order chi connectivity index (χ0) is 20.3. The molecule has 1 aliphatic rings. The summed E-state index contributed by atoms with van der Waals surface area (Å²) in [4.78, 5) is 28.5. The molecule has 3 rings (SSSR count). The van der Waals surface area contributed by atoms with E-state index < -0.39 is 11.8 Å². The normalized spacial score (nSPS) is 17.9. The molecule has 0 aliphatic carbocycles. The van der Waals surface area contributed by atoms with Gasteiger partial charge >= 0.3 is 0 Å². The number of nitrogens with two attached hydrogens (primary N) is 1. The summed E-state index contributed by atoms with van der Waals surface area (Å²) in [6.45, 7) is 2.00. The number of rotatable bonds is 7. The number of nitrogens with one attached hydrogen (secondary N) is 1. The number of ketones is 1. The Morgan fingerprint density at radius 2 is 2.21 bits per heavy atom. The van der Waals surface area contributed by atoms with Gasteiger partial charge in [-0.05, 0) is 53.3 Å². The molecule has 1 saturated heterocycles. The number of amides is 1. The number of hydrogen-bond donors (Lipinski definition) is 2. The van der Waals surface area contributed by atoms with Gasteiger partial charge in [0.2, 0.25) is 0 Å². The van der Waals surface area contributed by atoms with Gasteiger partial charge in [0.05, 0.1) is 20.1 Å². The average Bonchev–Trinajstić information content (AvgIpc) is 3.23. The van der Waals surface area contributed by atoms with Gasteiger partial charge in [0, 0.05) is 11.6 Å². The van der Waals surface area contributed by atoms with Gasteiger partial charge in [-0.2, -0.15) is 0 Å². The molecular formula is C18H16IN3O4S2. The van der Waals surface area contributed by atoms with Crippen LogP contribution in [0.25, 0.3) is 6.08 Å². The van der Waals surface area contributed by atoms with Gasteiger partial charge in [-0.15, -0.1) is 11.3 Å². The molecule has 10 heteroatoms. The maximum absolute atomic E-state index is 12.8. The Labute approximate surface area is 183 Å². The first-order valence-corrected chi connectivity index (χ1v) is 11.0. The van der Waals surface area contributed by atoms with Crippen LogP contribution in [-0.2, 0) is 9.59 Å². The van der Waals surface area contributed by atoms with Crippen molar-refractivity contribution in [2.75, 3.05) is 13.2 Å². The van der Waals surface area contributed by atoms with Gasteiger partial charge in [0.25, 0.3) is 5.91 Å². The molecule has 1 fully saturated rings. The van der Waals surface area contributed by atoms with Crippen molar-refractivity contribution in [1.29, 1.82) is 5.41 Å². The summed E-state index contributed by atoms with van der Waals surface area (Å²) in [5, 5.41) is 10.9. The zero-order valence-corrected chi connectivity index (χ0v) is 18.5. The summed E-state index contributed by atoms with van der Waals surface area (Å²) < 4.78 is 11.8. The maximum Gasteiger partial charge on any atom is 0.255 e. The number of halogens is 1. The van der Waals surface area contributed by atoms with Crippen LogP contribution in [0.3, 0.4) is 0 Å². The fourth-order valence-corrected chi connectivity index (χ4v) is 5.15. The van der Waals surface area contributed by atoms with E-state index in [4.69, 9.17) is 20.6 Å². The number of primary amides is 1. The number of allylic oxidation sites excluding steroid dienone is 1. The zero-order valence-electron chi connectivity index (χ0n) is 14.7. The van der Waals surface area contributed by atoms with E-state index in [1.54, 1.807) is 23.7 Å². The van der Waals surface area contributed by atoms with Gasteiger partial charge in [-0.3, -0.25) is 15.0 Å². The number of nitrogens with zero attached hydrogens (tertiary/aromatic N) is 1. The van der Waals surface area contributed by atoms with Crippen molar-refractivity contribution < 1.29 is 19.1 Å². The topological polar surface area (TPSA) is 115 Å². The van der Waals surface area contributed by atoms with Crippen molar-refractivity contribution in [2.45, 2.75) is 12.8 Å². The lowest BCUT2D eigenvalue weighted by atomic mass is 10.0. The monoisotopic (exact) mass is 529 g/mol. The van der Waals surface area contributed by atoms with E-state index in [9.17, 15) is 9.59 Å². The average molecular weight is 529 g/mol. The lowest BCUT2D eigenvalue weighted by molar-refractivity contribution is -0.120. The quantitative estimate of drug-likeness (QED) is 0.420. The van der Waals surface area contributed by atoms with Crippen LogP contribution in [0.2, 0.25) is 0 Å². The largest absolute Gasteiger partial charge is 0.490 e. The third-order valence-corrected chi connectivity index (χ3v) is 6.31. The van der Waals surface area contributed by atoms with Gasteiger partial charge in [0.1, 0.15) is 10.9 Å². The molecule has 7 nitrogen and oxygen atoms in total. The highest BCUT2D eigenvalue weighted by atomic mass is 127. The number of aromatic nitrogens is 1. The summed E-state index contributed by atoms with van der Waals surface area (Å²) in [7, 11) is 0. The Bertz CT molecular complexity index is 960. The molecule has 0 bridgehead atoms. The first kappa shape index (κ1) is 20.8. The van der Waals surface area contributed by atoms with E-state index in [-0.39, 0.29) is 17.4 Å². The Balaban J connectivity index is 1.92. The van der Waals surface area contributed by atoms with Crippen LogP contribution in [0.15, 0.2) is 28.6 Å². The highest BCUT2D eigenvalue weighted by Crippen LogP contribution is 2.42. The molecule has 2 aromatic rings. The first-order valence-electron chi connectivity index (χ1n) is 8.19. The second kappa shape index (κ2) is 9.05. The van der Waals surface area contributed by atoms with Gasteiger partial charge in [-0.25, -0.2) is 4.98 Å². The van der Waals surface area contributed by atoms with Crippen molar-refractivity contribution in [3.05, 3.63) is 42.8 Å². The van der Waals surface area contributed by atoms with Crippen LogP contribution in [-0.4, -0.2) is 34.9 Å². The first-order chi connectivity index (χ1) is 13.4. The molecule has 2 heterocycles. The molecule has 3 N–H and O–H groups in total. The third-order valence-electron chi connectivity index (χ3n) is 3.67. The number of carbonyl (C=O) groups is 2. The van der Waals surface area contributed by atoms with Gasteiger partial charge < -0.3 is 15.2 Å². The fourth-order valence-electron chi connectivity index (χ4n) is 2.56. The van der Waals surface area contributed by atoms with Crippen molar-refractivity contribution >= 4 is 68.5 Å². The van der Waals surface area contributed by atoms with E-state index in [1.807, 2.05) is 13.0 Å². The number of hydrogen-bond acceptors (Lipinski definition) is 8. The van der Waals surface area contributed by atoms with Crippen LogP contribution >= 0.6 is 45.7 Å². The number of benzene rings is 1. The van der Waals surface area contributed by atoms with Crippen molar-refractivity contribution in [2.24, 2.45) is 5.73 Å². The van der Waals surface area contributed by atoms with Crippen LogP contribution in [0, 0.1) is 8.98 Å². The predicted octanol–water partition coefficient (Wildman–Crippen LogP) is 3.43. The second-order valence-electron chi connectivity index (χ2n) is 5.66. The minimum atomic E-state index is -0.625. The van der Waals surface area contributed by atoms with Crippen molar-refractivity contribution in [3.8, 4) is 11.5 Å². The molecule has 146 valence electrons. The lowest BCUT2D eigenvalue weighted by Gasteiger charge is -2.14. The smallest absolute Gasteiger partial charge is 0.255 e. The summed E-state index contributed by atoms with van der Waals surface area (Å²) in [6, 6.07) is 3.56. The van der Waals surface area contributed by atoms with E-state index in [2.05, 4.69) is 27.6 Å². The minimum absolute atomic E-state index is 0.132.